The summed E-state index contributed by atoms with van der Waals surface area (Å²) in [5.41, 5.74) is 0.971. The average Bonchev–Trinajstić information content (AvgIpc) is 3.11. The van der Waals surface area contributed by atoms with Crippen molar-refractivity contribution >= 4 is 5.82 Å². The third-order valence-electron chi connectivity index (χ3n) is 2.95. The van der Waals surface area contributed by atoms with Crippen molar-refractivity contribution in [1.29, 1.82) is 0 Å². The van der Waals surface area contributed by atoms with E-state index in [1.54, 1.807) is 0 Å². The highest BCUT2D eigenvalue weighted by Crippen LogP contribution is 2.27. The largest absolute Gasteiger partial charge is 0.395 e. The molecule has 1 aliphatic carbocycles. The number of nitrogens with zero attached hydrogens (tertiary/aromatic N) is 3. The first kappa shape index (κ1) is 12.3. The maximum absolute atomic E-state index is 9.05. The second-order valence-corrected chi connectivity index (χ2v) is 4.49. The molecule has 0 amide bonds. The summed E-state index contributed by atoms with van der Waals surface area (Å²) < 4.78 is 0. The molecule has 0 saturated heterocycles. The molecule has 0 aliphatic heterocycles. The van der Waals surface area contributed by atoms with Crippen LogP contribution in [0.25, 0.3) is 0 Å². The molecule has 0 radical (unpaired) electrons. The zero-order valence-corrected chi connectivity index (χ0v) is 10.5. The van der Waals surface area contributed by atoms with Gasteiger partial charge in [0.1, 0.15) is 11.6 Å². The van der Waals surface area contributed by atoms with Crippen molar-refractivity contribution in [1.82, 2.24) is 14.9 Å². The van der Waals surface area contributed by atoms with Gasteiger partial charge in [0.25, 0.3) is 0 Å². The number of anilines is 1. The van der Waals surface area contributed by atoms with Crippen molar-refractivity contribution in [2.75, 3.05) is 25.5 Å². The second-order valence-electron chi connectivity index (χ2n) is 4.49. The van der Waals surface area contributed by atoms with E-state index >= 15 is 0 Å². The Balaban J connectivity index is 2.07. The molecule has 94 valence electrons. The molecule has 5 nitrogen and oxygen atoms in total. The summed E-state index contributed by atoms with van der Waals surface area (Å²) in [5.74, 6) is 1.68. The smallest absolute Gasteiger partial charge is 0.144 e. The molecule has 1 fully saturated rings. The van der Waals surface area contributed by atoms with Crippen molar-refractivity contribution < 1.29 is 5.11 Å². The summed E-state index contributed by atoms with van der Waals surface area (Å²) in [6.07, 6.45) is 2.45. The minimum atomic E-state index is 0.196. The molecule has 0 spiro atoms. The predicted molar refractivity (Wildman–Crippen MR) is 66.8 cm³/mol. The fraction of sp³-hybridized carbons (Fsp3) is 0.667. The zero-order valence-electron chi connectivity index (χ0n) is 10.5. The van der Waals surface area contributed by atoms with Gasteiger partial charge in [0, 0.05) is 31.4 Å². The molecule has 1 saturated carbocycles. The summed E-state index contributed by atoms with van der Waals surface area (Å²) in [7, 11) is 1.86. The van der Waals surface area contributed by atoms with E-state index in [-0.39, 0.29) is 6.61 Å². The highest BCUT2D eigenvalue weighted by Gasteiger charge is 2.29. The Morgan fingerprint density at radius 3 is 2.82 bits per heavy atom. The first-order chi connectivity index (χ1) is 8.22. The van der Waals surface area contributed by atoms with E-state index in [4.69, 9.17) is 5.11 Å². The summed E-state index contributed by atoms with van der Waals surface area (Å²) in [5, 5.41) is 12.1. The molecule has 0 unspecified atom stereocenters. The summed E-state index contributed by atoms with van der Waals surface area (Å²) >= 11 is 0. The predicted octanol–water partition coefficient (Wildman–Crippen LogP) is 0.783. The summed E-state index contributed by atoms with van der Waals surface area (Å²) in [6.45, 7) is 3.60. The van der Waals surface area contributed by atoms with Gasteiger partial charge in [-0.3, -0.25) is 4.90 Å². The lowest BCUT2D eigenvalue weighted by atomic mass is 10.3. The summed E-state index contributed by atoms with van der Waals surface area (Å²) in [6, 6.07) is 2.54. The SMILES string of the molecule is CNc1cc(C)nc(CN(CCO)C2CC2)n1. The number of aliphatic hydroxyl groups excluding tert-OH is 1. The van der Waals surface area contributed by atoms with Crippen LogP contribution < -0.4 is 5.32 Å². The molecule has 2 rings (SSSR count). The highest BCUT2D eigenvalue weighted by molar-refractivity contribution is 5.34. The molecule has 1 heterocycles. The van der Waals surface area contributed by atoms with Crippen molar-refractivity contribution in [2.24, 2.45) is 0 Å². The Morgan fingerprint density at radius 2 is 2.24 bits per heavy atom. The third kappa shape index (κ3) is 3.38. The van der Waals surface area contributed by atoms with Crippen molar-refractivity contribution in [2.45, 2.75) is 32.4 Å². The van der Waals surface area contributed by atoms with Crippen molar-refractivity contribution in [3.05, 3.63) is 17.6 Å². The van der Waals surface area contributed by atoms with Gasteiger partial charge in [-0.25, -0.2) is 9.97 Å². The number of aliphatic hydroxyl groups is 1. The van der Waals surface area contributed by atoms with E-state index in [0.29, 0.717) is 12.6 Å². The quantitative estimate of drug-likeness (QED) is 0.764. The van der Waals surface area contributed by atoms with Crippen LogP contribution in [-0.4, -0.2) is 46.2 Å². The number of aromatic nitrogens is 2. The van der Waals surface area contributed by atoms with E-state index in [0.717, 1.165) is 23.9 Å². The normalized spacial score (nSPS) is 15.3. The van der Waals surface area contributed by atoms with Crippen LogP contribution in [0, 0.1) is 6.92 Å². The Kier molecular flexibility index (Phi) is 3.91. The molecule has 5 heteroatoms. The van der Waals surface area contributed by atoms with E-state index in [9.17, 15) is 0 Å². The molecular formula is C12H20N4O. The number of hydrogen-bond donors (Lipinski definition) is 2. The Morgan fingerprint density at radius 1 is 1.47 bits per heavy atom. The number of nitrogens with one attached hydrogen (secondary N) is 1. The zero-order chi connectivity index (χ0) is 12.3. The van der Waals surface area contributed by atoms with Crippen LogP contribution in [0.15, 0.2) is 6.07 Å². The van der Waals surface area contributed by atoms with Gasteiger partial charge in [0.15, 0.2) is 0 Å². The van der Waals surface area contributed by atoms with Gasteiger partial charge < -0.3 is 10.4 Å². The third-order valence-corrected chi connectivity index (χ3v) is 2.95. The van der Waals surface area contributed by atoms with Gasteiger partial charge in [-0.15, -0.1) is 0 Å². The Hall–Kier alpha value is -1.20. The van der Waals surface area contributed by atoms with Crippen molar-refractivity contribution in [3.8, 4) is 0 Å². The Bertz CT molecular complexity index is 379. The molecule has 1 aromatic heterocycles. The topological polar surface area (TPSA) is 61.3 Å². The molecule has 0 bridgehead atoms. The van der Waals surface area contributed by atoms with Crippen molar-refractivity contribution in [3.63, 3.8) is 0 Å². The van der Waals surface area contributed by atoms with Gasteiger partial charge in [0.2, 0.25) is 0 Å². The van der Waals surface area contributed by atoms with E-state index in [1.807, 2.05) is 20.0 Å². The maximum atomic E-state index is 9.05. The molecule has 2 N–H and O–H groups in total. The average molecular weight is 236 g/mol. The minimum Gasteiger partial charge on any atom is -0.395 e. The molecule has 0 aromatic carbocycles. The van der Waals surface area contributed by atoms with Crippen LogP contribution in [0.4, 0.5) is 5.82 Å². The van der Waals surface area contributed by atoms with E-state index < -0.39 is 0 Å². The molecule has 0 atom stereocenters. The minimum absolute atomic E-state index is 0.196. The van der Waals surface area contributed by atoms with E-state index in [1.165, 1.54) is 12.8 Å². The van der Waals surface area contributed by atoms with Crippen LogP contribution in [-0.2, 0) is 6.54 Å². The van der Waals surface area contributed by atoms with Gasteiger partial charge in [0.05, 0.1) is 13.2 Å². The van der Waals surface area contributed by atoms with Crippen LogP contribution in [0.5, 0.6) is 0 Å². The van der Waals surface area contributed by atoms with Crippen LogP contribution in [0.3, 0.4) is 0 Å². The van der Waals surface area contributed by atoms with Gasteiger partial charge in [-0.2, -0.15) is 0 Å². The summed E-state index contributed by atoms with van der Waals surface area (Å²) in [4.78, 5) is 11.1. The fourth-order valence-corrected chi connectivity index (χ4v) is 1.97. The second kappa shape index (κ2) is 5.42. The van der Waals surface area contributed by atoms with Gasteiger partial charge in [-0.1, -0.05) is 0 Å². The number of rotatable bonds is 6. The maximum Gasteiger partial charge on any atom is 0.144 e. The number of hydrogen-bond acceptors (Lipinski definition) is 5. The van der Waals surface area contributed by atoms with Crippen LogP contribution >= 0.6 is 0 Å². The molecular weight excluding hydrogens is 216 g/mol. The lowest BCUT2D eigenvalue weighted by Crippen LogP contribution is -2.29. The van der Waals surface area contributed by atoms with Gasteiger partial charge >= 0.3 is 0 Å². The van der Waals surface area contributed by atoms with Crippen LogP contribution in [0.2, 0.25) is 0 Å². The molecule has 17 heavy (non-hydrogen) atoms. The lowest BCUT2D eigenvalue weighted by molar-refractivity contribution is 0.180. The van der Waals surface area contributed by atoms with Gasteiger partial charge in [-0.05, 0) is 19.8 Å². The highest BCUT2D eigenvalue weighted by atomic mass is 16.3. The number of aryl methyl sites for hydroxylation is 1. The molecule has 1 aromatic rings. The first-order valence-electron chi connectivity index (χ1n) is 6.10. The Labute approximate surface area is 102 Å². The standard InChI is InChI=1S/C12H20N4O/c1-9-7-11(13-2)15-12(14-9)8-16(5-6-17)10-3-4-10/h7,10,17H,3-6,8H2,1-2H3,(H,13,14,15). The molecule has 1 aliphatic rings. The fourth-order valence-electron chi connectivity index (χ4n) is 1.97. The monoisotopic (exact) mass is 236 g/mol. The van der Waals surface area contributed by atoms with Crippen LogP contribution in [0.1, 0.15) is 24.4 Å². The first-order valence-corrected chi connectivity index (χ1v) is 6.10. The van der Waals surface area contributed by atoms with E-state index in [2.05, 4.69) is 20.2 Å². The lowest BCUT2D eigenvalue weighted by Gasteiger charge is -2.20.